The summed E-state index contributed by atoms with van der Waals surface area (Å²) in [5.41, 5.74) is 3.49. The lowest BCUT2D eigenvalue weighted by atomic mass is 10.1. The summed E-state index contributed by atoms with van der Waals surface area (Å²) in [5, 5.41) is 7.58. The number of anilines is 1. The number of carbonyl (C=O) groups excluding carboxylic acids is 1. The third kappa shape index (κ3) is 3.77. The number of allylic oxidation sites excluding steroid dienone is 1. The second-order valence-electron chi connectivity index (χ2n) is 7.38. The summed E-state index contributed by atoms with van der Waals surface area (Å²) in [6, 6.07) is 9.23. The van der Waals surface area contributed by atoms with Gasteiger partial charge in [-0.15, -0.1) is 0 Å². The van der Waals surface area contributed by atoms with Crippen LogP contribution in [0.4, 0.5) is 5.82 Å². The third-order valence-electron chi connectivity index (χ3n) is 5.25. The van der Waals surface area contributed by atoms with Gasteiger partial charge < -0.3 is 15.6 Å². The van der Waals surface area contributed by atoms with E-state index in [9.17, 15) is 4.79 Å². The van der Waals surface area contributed by atoms with Gasteiger partial charge in [0.1, 0.15) is 18.0 Å². The van der Waals surface area contributed by atoms with Crippen molar-refractivity contribution in [1.82, 2.24) is 25.3 Å². The molecular formula is C22H18BrClN6O. The number of fused-ring (bicyclic) bond motifs is 2. The fraction of sp³-hybridized carbons (Fsp3) is 0.182. The molecule has 1 aliphatic heterocycles. The van der Waals surface area contributed by atoms with Crippen LogP contribution in [0, 0.1) is 0 Å². The number of aromatic amines is 1. The van der Waals surface area contributed by atoms with Crippen molar-refractivity contribution in [3.05, 3.63) is 69.3 Å². The first-order chi connectivity index (χ1) is 15.0. The van der Waals surface area contributed by atoms with E-state index in [0.29, 0.717) is 27.6 Å². The van der Waals surface area contributed by atoms with E-state index in [1.165, 1.54) is 6.33 Å². The van der Waals surface area contributed by atoms with Crippen molar-refractivity contribution in [3.63, 3.8) is 0 Å². The predicted octanol–water partition coefficient (Wildman–Crippen LogP) is 5.16. The van der Waals surface area contributed by atoms with Crippen LogP contribution in [0.3, 0.4) is 0 Å². The minimum absolute atomic E-state index is 0.126. The first-order valence-electron chi connectivity index (χ1n) is 9.84. The summed E-state index contributed by atoms with van der Waals surface area (Å²) in [5.74, 6) is 1.29. The van der Waals surface area contributed by atoms with E-state index in [-0.39, 0.29) is 11.8 Å². The van der Waals surface area contributed by atoms with Crippen molar-refractivity contribution in [1.29, 1.82) is 0 Å². The van der Waals surface area contributed by atoms with Crippen LogP contribution in [0.5, 0.6) is 0 Å². The number of hydrogen-bond donors (Lipinski definition) is 3. The van der Waals surface area contributed by atoms with Gasteiger partial charge in [0.05, 0.1) is 33.3 Å². The molecule has 0 fully saturated rings. The molecule has 156 valence electrons. The molecule has 1 atom stereocenters. The number of aromatic nitrogens is 4. The molecule has 1 aliphatic rings. The molecule has 0 radical (unpaired) electrons. The molecule has 0 saturated heterocycles. The van der Waals surface area contributed by atoms with Crippen LogP contribution in [0.25, 0.3) is 21.9 Å². The number of H-pyrrole nitrogens is 1. The molecule has 0 aliphatic carbocycles. The quantitative estimate of drug-likeness (QED) is 0.330. The summed E-state index contributed by atoms with van der Waals surface area (Å²) in [7, 11) is 0. The number of halogens is 2. The molecule has 0 spiro atoms. The van der Waals surface area contributed by atoms with E-state index >= 15 is 0 Å². The minimum atomic E-state index is -0.141. The Morgan fingerprint density at radius 3 is 2.90 bits per heavy atom. The number of ketones is 1. The average Bonchev–Trinajstić information content (AvgIpc) is 3.43. The maximum absolute atomic E-state index is 12.8. The van der Waals surface area contributed by atoms with Gasteiger partial charge in [-0.2, -0.15) is 0 Å². The Balaban J connectivity index is 1.48. The smallest absolute Gasteiger partial charge is 0.210 e. The van der Waals surface area contributed by atoms with Gasteiger partial charge in [0.2, 0.25) is 5.78 Å². The van der Waals surface area contributed by atoms with Gasteiger partial charge >= 0.3 is 0 Å². The molecule has 0 bridgehead atoms. The van der Waals surface area contributed by atoms with Gasteiger partial charge in [-0.1, -0.05) is 33.6 Å². The molecular weight excluding hydrogens is 480 g/mol. The molecule has 9 heteroatoms. The molecule has 7 nitrogen and oxygen atoms in total. The lowest BCUT2D eigenvalue weighted by Gasteiger charge is -2.14. The van der Waals surface area contributed by atoms with Gasteiger partial charge in [-0.3, -0.25) is 4.79 Å². The summed E-state index contributed by atoms with van der Waals surface area (Å²) in [6.45, 7) is 2.76. The molecule has 0 saturated carbocycles. The number of hydrogen-bond acceptors (Lipinski definition) is 6. The number of nitrogens with zero attached hydrogens (tertiary/aromatic N) is 3. The normalized spacial score (nSPS) is 14.5. The monoisotopic (exact) mass is 496 g/mol. The van der Waals surface area contributed by atoms with Crippen LogP contribution in [-0.4, -0.2) is 32.3 Å². The van der Waals surface area contributed by atoms with Crippen molar-refractivity contribution >= 4 is 61.1 Å². The lowest BCUT2D eigenvalue weighted by molar-refractivity contribution is 0.102. The van der Waals surface area contributed by atoms with Gasteiger partial charge in [-0.05, 0) is 43.7 Å². The number of carbonyl (C=O) groups is 1. The number of nitrogens with one attached hydrogen (secondary N) is 3. The highest BCUT2D eigenvalue weighted by atomic mass is 79.9. The Labute approximate surface area is 191 Å². The first kappa shape index (κ1) is 20.0. The molecule has 2 aromatic heterocycles. The SMILES string of the molecule is C[C@H](Nc1ncnc2cc(C(=O)C3=CCCN3)c(Cl)cc12)c1nc2ccc(Br)cc2[nH]1. The van der Waals surface area contributed by atoms with Crippen molar-refractivity contribution in [2.75, 3.05) is 11.9 Å². The highest BCUT2D eigenvalue weighted by Crippen LogP contribution is 2.30. The van der Waals surface area contributed by atoms with Gasteiger partial charge in [-0.25, -0.2) is 15.0 Å². The van der Waals surface area contributed by atoms with E-state index in [0.717, 1.165) is 39.7 Å². The Kier molecular flexibility index (Phi) is 5.11. The van der Waals surface area contributed by atoms with E-state index in [1.807, 2.05) is 31.2 Å². The number of imidazole rings is 1. The van der Waals surface area contributed by atoms with Crippen LogP contribution in [-0.2, 0) is 0 Å². The van der Waals surface area contributed by atoms with Crippen molar-refractivity contribution < 1.29 is 4.79 Å². The van der Waals surface area contributed by atoms with E-state index < -0.39 is 0 Å². The Morgan fingerprint density at radius 2 is 2.10 bits per heavy atom. The Bertz CT molecular complexity index is 1370. The number of benzene rings is 2. The molecule has 3 N–H and O–H groups in total. The minimum Gasteiger partial charge on any atom is -0.382 e. The predicted molar refractivity (Wildman–Crippen MR) is 125 cm³/mol. The second kappa shape index (κ2) is 7.94. The van der Waals surface area contributed by atoms with Crippen LogP contribution >= 0.6 is 27.5 Å². The summed E-state index contributed by atoms with van der Waals surface area (Å²) >= 11 is 9.97. The van der Waals surface area contributed by atoms with Gasteiger partial charge in [0, 0.05) is 22.0 Å². The molecule has 3 heterocycles. The van der Waals surface area contributed by atoms with E-state index in [2.05, 4.69) is 46.5 Å². The zero-order chi connectivity index (χ0) is 21.5. The Hall–Kier alpha value is -2.97. The Morgan fingerprint density at radius 1 is 1.23 bits per heavy atom. The summed E-state index contributed by atoms with van der Waals surface area (Å²) in [4.78, 5) is 29.5. The first-order valence-corrected chi connectivity index (χ1v) is 11.0. The van der Waals surface area contributed by atoms with Gasteiger partial charge in [0.25, 0.3) is 0 Å². The largest absolute Gasteiger partial charge is 0.382 e. The fourth-order valence-electron chi connectivity index (χ4n) is 3.66. The zero-order valence-corrected chi connectivity index (χ0v) is 18.9. The highest BCUT2D eigenvalue weighted by molar-refractivity contribution is 9.10. The van der Waals surface area contributed by atoms with Crippen LogP contribution in [0.15, 0.2) is 52.9 Å². The van der Waals surface area contributed by atoms with Crippen molar-refractivity contribution in [2.24, 2.45) is 0 Å². The van der Waals surface area contributed by atoms with Crippen LogP contribution in [0.2, 0.25) is 5.02 Å². The number of rotatable bonds is 5. The fourth-order valence-corrected chi connectivity index (χ4v) is 4.27. The molecule has 2 aromatic carbocycles. The molecule has 0 amide bonds. The zero-order valence-electron chi connectivity index (χ0n) is 16.5. The topological polar surface area (TPSA) is 95.6 Å². The van der Waals surface area contributed by atoms with Crippen LogP contribution in [0.1, 0.15) is 35.6 Å². The molecule has 5 rings (SSSR count). The molecule has 0 unspecified atom stereocenters. The number of Topliss-reactive ketones (excluding diaryl/α,β-unsaturated/α-hetero) is 1. The maximum Gasteiger partial charge on any atom is 0.210 e. The van der Waals surface area contributed by atoms with Crippen molar-refractivity contribution in [2.45, 2.75) is 19.4 Å². The molecule has 31 heavy (non-hydrogen) atoms. The van der Waals surface area contributed by atoms with Crippen LogP contribution < -0.4 is 10.6 Å². The maximum atomic E-state index is 12.8. The van der Waals surface area contributed by atoms with Gasteiger partial charge in [0.15, 0.2) is 0 Å². The summed E-state index contributed by atoms with van der Waals surface area (Å²) in [6.07, 6.45) is 4.20. The average molecular weight is 498 g/mol. The lowest BCUT2D eigenvalue weighted by Crippen LogP contribution is -2.16. The third-order valence-corrected chi connectivity index (χ3v) is 6.05. The highest BCUT2D eigenvalue weighted by Gasteiger charge is 2.20. The van der Waals surface area contributed by atoms with Crippen molar-refractivity contribution in [3.8, 4) is 0 Å². The van der Waals surface area contributed by atoms with E-state index in [4.69, 9.17) is 11.6 Å². The summed E-state index contributed by atoms with van der Waals surface area (Å²) < 4.78 is 0.987. The second-order valence-corrected chi connectivity index (χ2v) is 8.71. The standard InChI is InChI=1S/C22H18BrClN6O/c1-11(21-29-16-5-4-12(23)7-19(16)30-21)28-22-14-8-15(24)13(9-18(14)26-10-27-22)20(31)17-3-2-6-25-17/h3-5,7-11,25H,2,6H2,1H3,(H,29,30)(H,26,27,28)/t11-/m0/s1. The molecule has 4 aromatic rings. The van der Waals surface area contributed by atoms with E-state index in [1.54, 1.807) is 12.1 Å².